The minimum absolute atomic E-state index is 0.0338. The molecule has 10 aromatic rings. The highest BCUT2D eigenvalue weighted by atomic mass is 15.2. The molecule has 2 aliphatic heterocycles. The number of aryl methyl sites for hydroxylation is 3. The highest BCUT2D eigenvalue weighted by Gasteiger charge is 2.45. The van der Waals surface area contributed by atoms with Crippen LogP contribution in [0.2, 0.25) is 0 Å². The number of benzene rings is 10. The molecule has 12 rings (SSSR count). The SMILES string of the molecule is Cc1ccc(N(c2ccc(C(C)(C)C)cc2)c2ccc3c(c2)N(c2ccc(-c4ccccc4)cc2C)c2cc(C)cc4c2B3N(c2ccc(-c3ccccc3)cc2)c2cc(-c3ccccc3)ccc2-4)cc1. The summed E-state index contributed by atoms with van der Waals surface area (Å²) in [7, 11) is 0. The fourth-order valence-electron chi connectivity index (χ4n) is 11.0. The van der Waals surface area contributed by atoms with Crippen molar-refractivity contribution in [3.05, 3.63) is 253 Å². The molecule has 0 saturated carbocycles. The minimum atomic E-state index is -0.148. The summed E-state index contributed by atoms with van der Waals surface area (Å²) >= 11 is 0. The third kappa shape index (κ3) is 7.90. The van der Waals surface area contributed by atoms with Gasteiger partial charge >= 0.3 is 6.85 Å². The number of rotatable bonds is 8. The molecule has 0 bridgehead atoms. The molecule has 2 aliphatic rings. The molecule has 0 spiro atoms. The molecule has 71 heavy (non-hydrogen) atoms. The van der Waals surface area contributed by atoms with Gasteiger partial charge in [0.25, 0.3) is 0 Å². The quantitative estimate of drug-likeness (QED) is 0.141. The van der Waals surface area contributed by atoms with Crippen molar-refractivity contribution in [3.8, 4) is 44.5 Å². The Kier molecular flexibility index (Phi) is 10.9. The van der Waals surface area contributed by atoms with Crippen molar-refractivity contribution in [2.24, 2.45) is 0 Å². The summed E-state index contributed by atoms with van der Waals surface area (Å²) in [6.45, 7) is 13.4. The number of hydrogen-bond donors (Lipinski definition) is 0. The lowest BCUT2D eigenvalue weighted by atomic mass is 9.43. The third-order valence-corrected chi connectivity index (χ3v) is 14.6. The lowest BCUT2D eigenvalue weighted by Crippen LogP contribution is -2.61. The fraction of sp³-hybridized carbons (Fsp3) is 0.104. The lowest BCUT2D eigenvalue weighted by Gasteiger charge is -2.46. The molecule has 0 unspecified atom stereocenters. The van der Waals surface area contributed by atoms with E-state index in [-0.39, 0.29) is 12.3 Å². The van der Waals surface area contributed by atoms with E-state index in [1.807, 2.05) is 0 Å². The maximum absolute atomic E-state index is 2.63. The Morgan fingerprint density at radius 2 is 0.915 bits per heavy atom. The predicted octanol–water partition coefficient (Wildman–Crippen LogP) is 17.1. The van der Waals surface area contributed by atoms with Crippen LogP contribution in [0.25, 0.3) is 44.5 Å². The van der Waals surface area contributed by atoms with Gasteiger partial charge in [0.2, 0.25) is 0 Å². The monoisotopic (exact) mass is 913 g/mol. The van der Waals surface area contributed by atoms with E-state index in [2.05, 4.69) is 287 Å². The summed E-state index contributed by atoms with van der Waals surface area (Å²) in [4.78, 5) is 7.62. The van der Waals surface area contributed by atoms with E-state index >= 15 is 0 Å². The molecule has 2 heterocycles. The van der Waals surface area contributed by atoms with E-state index in [0.29, 0.717) is 0 Å². The Hall–Kier alpha value is -8.34. The van der Waals surface area contributed by atoms with Gasteiger partial charge in [-0.2, -0.15) is 0 Å². The van der Waals surface area contributed by atoms with Gasteiger partial charge in [-0.25, -0.2) is 0 Å². The average molecular weight is 914 g/mol. The summed E-state index contributed by atoms with van der Waals surface area (Å²) < 4.78 is 0. The normalized spacial score (nSPS) is 12.6. The second kappa shape index (κ2) is 17.6. The Morgan fingerprint density at radius 3 is 1.52 bits per heavy atom. The van der Waals surface area contributed by atoms with E-state index in [0.717, 1.165) is 34.1 Å². The Morgan fingerprint density at radius 1 is 0.380 bits per heavy atom. The summed E-state index contributed by atoms with van der Waals surface area (Å²) in [6, 6.07) is 85.8. The summed E-state index contributed by atoms with van der Waals surface area (Å²) in [6.07, 6.45) is 0. The molecule has 0 aromatic heterocycles. The molecular formula is C67H56BN3. The molecule has 4 heteroatoms. The van der Waals surface area contributed by atoms with E-state index in [9.17, 15) is 0 Å². The average Bonchev–Trinajstić information content (AvgIpc) is 3.40. The molecule has 0 amide bonds. The van der Waals surface area contributed by atoms with Gasteiger partial charge in [-0.1, -0.05) is 184 Å². The molecule has 0 atom stereocenters. The van der Waals surface area contributed by atoms with Crippen molar-refractivity contribution < 1.29 is 0 Å². The zero-order chi connectivity index (χ0) is 48.4. The van der Waals surface area contributed by atoms with Crippen LogP contribution >= 0.6 is 0 Å². The number of hydrogen-bond acceptors (Lipinski definition) is 3. The summed E-state index contributed by atoms with van der Waals surface area (Å²) in [5.74, 6) is 0. The van der Waals surface area contributed by atoms with Crippen molar-refractivity contribution in [2.75, 3.05) is 14.6 Å². The van der Waals surface area contributed by atoms with Gasteiger partial charge in [-0.05, 0) is 166 Å². The van der Waals surface area contributed by atoms with Crippen LogP contribution < -0.4 is 25.5 Å². The van der Waals surface area contributed by atoms with Gasteiger partial charge in [-0.3, -0.25) is 0 Å². The zero-order valence-electron chi connectivity index (χ0n) is 41.4. The Balaban J connectivity index is 1.13. The van der Waals surface area contributed by atoms with Crippen LogP contribution in [0.5, 0.6) is 0 Å². The fourth-order valence-corrected chi connectivity index (χ4v) is 11.0. The zero-order valence-corrected chi connectivity index (χ0v) is 41.4. The van der Waals surface area contributed by atoms with E-state index in [4.69, 9.17) is 0 Å². The summed E-state index contributed by atoms with van der Waals surface area (Å²) in [5.41, 5.74) is 26.5. The van der Waals surface area contributed by atoms with Crippen LogP contribution in [0.4, 0.5) is 45.5 Å². The van der Waals surface area contributed by atoms with Crippen LogP contribution in [0.1, 0.15) is 43.0 Å². The first-order chi connectivity index (χ1) is 34.6. The largest absolute Gasteiger partial charge is 0.376 e. The van der Waals surface area contributed by atoms with Crippen LogP contribution in [0.15, 0.2) is 231 Å². The second-order valence-electron chi connectivity index (χ2n) is 20.4. The van der Waals surface area contributed by atoms with Gasteiger partial charge < -0.3 is 14.6 Å². The third-order valence-electron chi connectivity index (χ3n) is 14.6. The van der Waals surface area contributed by atoms with Crippen LogP contribution in [-0.2, 0) is 5.41 Å². The van der Waals surface area contributed by atoms with Crippen LogP contribution in [0, 0.1) is 20.8 Å². The Labute approximate surface area is 420 Å². The van der Waals surface area contributed by atoms with Gasteiger partial charge in [0, 0.05) is 51.1 Å². The molecule has 0 radical (unpaired) electrons. The highest BCUT2D eigenvalue weighted by Crippen LogP contribution is 2.50. The van der Waals surface area contributed by atoms with Crippen LogP contribution in [-0.4, -0.2) is 6.85 Å². The maximum Gasteiger partial charge on any atom is 0.333 e. The van der Waals surface area contributed by atoms with Crippen molar-refractivity contribution >= 4 is 63.3 Å². The standard InChI is InChI=1S/C67H56BN3/c1-45-22-30-55(31-23-45)69(56-34-28-54(29-35-56)67(4,5)6)58-36-38-61-64(44-58)70(62-39-27-52(42-47(62)3)49-18-12-8-13-19-49)65-41-46(2)40-60-59-37-26-53(50-20-14-9-15-21-50)43-63(59)71(68(61)66(60)65)57-32-24-51(25-33-57)48-16-10-7-11-17-48/h7-44H,1-6H3. The van der Waals surface area contributed by atoms with Crippen LogP contribution in [0.3, 0.4) is 0 Å². The first kappa shape index (κ1) is 43.9. The number of anilines is 8. The van der Waals surface area contributed by atoms with Crippen molar-refractivity contribution in [1.82, 2.24) is 0 Å². The topological polar surface area (TPSA) is 9.72 Å². The first-order valence-corrected chi connectivity index (χ1v) is 24.9. The Bertz CT molecular complexity index is 3580. The molecule has 0 fully saturated rings. The molecule has 342 valence electrons. The van der Waals surface area contributed by atoms with E-state index in [1.165, 1.54) is 89.1 Å². The summed E-state index contributed by atoms with van der Waals surface area (Å²) in [5, 5.41) is 0. The van der Waals surface area contributed by atoms with Gasteiger partial charge in [0.05, 0.1) is 0 Å². The van der Waals surface area contributed by atoms with E-state index in [1.54, 1.807) is 0 Å². The first-order valence-electron chi connectivity index (χ1n) is 24.9. The molecule has 3 nitrogen and oxygen atoms in total. The van der Waals surface area contributed by atoms with Gasteiger partial charge in [-0.15, -0.1) is 0 Å². The van der Waals surface area contributed by atoms with Crippen molar-refractivity contribution in [2.45, 2.75) is 47.0 Å². The van der Waals surface area contributed by atoms with Gasteiger partial charge in [0.15, 0.2) is 0 Å². The van der Waals surface area contributed by atoms with Crippen molar-refractivity contribution in [1.29, 1.82) is 0 Å². The molecule has 10 aromatic carbocycles. The van der Waals surface area contributed by atoms with Gasteiger partial charge in [0.1, 0.15) is 0 Å². The minimum Gasteiger partial charge on any atom is -0.376 e. The second-order valence-corrected chi connectivity index (χ2v) is 20.4. The molecule has 0 saturated heterocycles. The molecule has 0 N–H and O–H groups in total. The van der Waals surface area contributed by atoms with Crippen molar-refractivity contribution in [3.63, 3.8) is 0 Å². The van der Waals surface area contributed by atoms with E-state index < -0.39 is 0 Å². The number of fused-ring (bicyclic) bond motifs is 4. The smallest absolute Gasteiger partial charge is 0.333 e. The lowest BCUT2D eigenvalue weighted by molar-refractivity contribution is 0.590. The predicted molar refractivity (Wildman–Crippen MR) is 304 cm³/mol. The highest BCUT2D eigenvalue weighted by molar-refractivity contribution is 6.93. The molecular weight excluding hydrogens is 858 g/mol. The number of nitrogens with zero attached hydrogens (tertiary/aromatic N) is 3. The molecule has 0 aliphatic carbocycles. The maximum atomic E-state index is 2.63.